The van der Waals surface area contributed by atoms with E-state index in [9.17, 15) is 9.59 Å². The standard InChI is InChI=1S/C29H56O4/c1-3-5-7-9-11-12-13-14-15-16-17-19-21-23-25-29(31)33-27-26-32-28(30)24-22-20-18-10-8-6-4-2/h3-27H2,1-2H3. The van der Waals surface area contributed by atoms with Crippen LogP contribution in [0.5, 0.6) is 0 Å². The molecule has 0 aliphatic heterocycles. The molecule has 0 aromatic carbocycles. The number of carbonyl (C=O) groups excluding carboxylic acids is 2. The van der Waals surface area contributed by atoms with E-state index in [1.54, 1.807) is 0 Å². The van der Waals surface area contributed by atoms with Gasteiger partial charge in [0.1, 0.15) is 13.2 Å². The van der Waals surface area contributed by atoms with Gasteiger partial charge in [0.05, 0.1) is 0 Å². The first kappa shape index (κ1) is 31.9. The molecule has 33 heavy (non-hydrogen) atoms. The second-order valence-corrected chi connectivity index (χ2v) is 9.66. The van der Waals surface area contributed by atoms with Crippen molar-refractivity contribution < 1.29 is 19.1 Å². The fraction of sp³-hybridized carbons (Fsp3) is 0.931. The quantitative estimate of drug-likeness (QED) is 0.0938. The Hall–Kier alpha value is -1.06. The van der Waals surface area contributed by atoms with Gasteiger partial charge in [-0.25, -0.2) is 0 Å². The largest absolute Gasteiger partial charge is 0.462 e. The number of hydrogen-bond acceptors (Lipinski definition) is 4. The third-order valence-electron chi connectivity index (χ3n) is 6.33. The minimum atomic E-state index is -0.174. The van der Waals surface area contributed by atoms with E-state index in [0.717, 1.165) is 25.7 Å². The van der Waals surface area contributed by atoms with Crippen molar-refractivity contribution in [3.8, 4) is 0 Å². The lowest BCUT2D eigenvalue weighted by Gasteiger charge is -2.07. The monoisotopic (exact) mass is 468 g/mol. The first-order valence-electron chi connectivity index (χ1n) is 14.5. The highest BCUT2D eigenvalue weighted by Gasteiger charge is 2.05. The average Bonchev–Trinajstić information content (AvgIpc) is 2.81. The van der Waals surface area contributed by atoms with E-state index < -0.39 is 0 Å². The first-order valence-corrected chi connectivity index (χ1v) is 14.5. The molecule has 0 aromatic heterocycles. The molecule has 0 atom stereocenters. The second-order valence-electron chi connectivity index (χ2n) is 9.66. The summed E-state index contributed by atoms with van der Waals surface area (Å²) in [5.74, 6) is -0.344. The van der Waals surface area contributed by atoms with Crippen LogP contribution in [0.25, 0.3) is 0 Å². The number of carbonyl (C=O) groups is 2. The highest BCUT2D eigenvalue weighted by Crippen LogP contribution is 2.13. The zero-order valence-electron chi connectivity index (χ0n) is 22.3. The number of rotatable bonds is 26. The SMILES string of the molecule is CCCCCCCCCCCCCCCCC(=O)OCCOC(=O)CCCCCCCCC. The summed E-state index contributed by atoms with van der Waals surface area (Å²) in [5.41, 5.74) is 0. The Morgan fingerprint density at radius 2 is 0.636 bits per heavy atom. The van der Waals surface area contributed by atoms with Crippen LogP contribution in [-0.2, 0) is 19.1 Å². The Morgan fingerprint density at radius 3 is 0.909 bits per heavy atom. The zero-order chi connectivity index (χ0) is 24.2. The molecule has 0 aliphatic carbocycles. The Balaban J connectivity index is 3.26. The van der Waals surface area contributed by atoms with Crippen LogP contribution in [0.15, 0.2) is 0 Å². The Kier molecular flexibility index (Phi) is 26.3. The van der Waals surface area contributed by atoms with Gasteiger partial charge in [0.2, 0.25) is 0 Å². The molecule has 4 nitrogen and oxygen atoms in total. The van der Waals surface area contributed by atoms with Gasteiger partial charge in [-0.3, -0.25) is 9.59 Å². The van der Waals surface area contributed by atoms with Crippen LogP contribution >= 0.6 is 0 Å². The van der Waals surface area contributed by atoms with Gasteiger partial charge in [-0.1, -0.05) is 136 Å². The molecule has 0 aliphatic rings. The second kappa shape index (κ2) is 27.2. The van der Waals surface area contributed by atoms with Crippen LogP contribution in [0.2, 0.25) is 0 Å². The fourth-order valence-electron chi connectivity index (χ4n) is 4.15. The molecule has 0 saturated heterocycles. The third-order valence-corrected chi connectivity index (χ3v) is 6.33. The van der Waals surface area contributed by atoms with Crippen molar-refractivity contribution in [2.75, 3.05) is 13.2 Å². The van der Waals surface area contributed by atoms with Crippen LogP contribution in [0.1, 0.15) is 162 Å². The molecule has 0 bridgehead atoms. The molecule has 0 fully saturated rings. The number of hydrogen-bond donors (Lipinski definition) is 0. The Morgan fingerprint density at radius 1 is 0.394 bits per heavy atom. The van der Waals surface area contributed by atoms with E-state index in [2.05, 4.69) is 13.8 Å². The van der Waals surface area contributed by atoms with Crippen molar-refractivity contribution in [2.24, 2.45) is 0 Å². The van der Waals surface area contributed by atoms with E-state index >= 15 is 0 Å². The van der Waals surface area contributed by atoms with Gasteiger partial charge in [-0.2, -0.15) is 0 Å². The van der Waals surface area contributed by atoms with Crippen LogP contribution in [-0.4, -0.2) is 25.2 Å². The fourth-order valence-corrected chi connectivity index (χ4v) is 4.15. The molecule has 0 saturated carbocycles. The van der Waals surface area contributed by atoms with Gasteiger partial charge in [0.15, 0.2) is 0 Å². The van der Waals surface area contributed by atoms with Gasteiger partial charge in [-0.15, -0.1) is 0 Å². The van der Waals surface area contributed by atoms with Crippen LogP contribution in [0.3, 0.4) is 0 Å². The highest BCUT2D eigenvalue weighted by molar-refractivity contribution is 5.70. The summed E-state index contributed by atoms with van der Waals surface area (Å²) in [4.78, 5) is 23.4. The van der Waals surface area contributed by atoms with Crippen molar-refractivity contribution in [2.45, 2.75) is 162 Å². The van der Waals surface area contributed by atoms with Crippen molar-refractivity contribution >= 4 is 11.9 Å². The molecule has 0 unspecified atom stereocenters. The first-order chi connectivity index (χ1) is 16.2. The highest BCUT2D eigenvalue weighted by atomic mass is 16.6. The van der Waals surface area contributed by atoms with Gasteiger partial charge in [0, 0.05) is 12.8 Å². The van der Waals surface area contributed by atoms with Crippen molar-refractivity contribution in [1.29, 1.82) is 0 Å². The van der Waals surface area contributed by atoms with Crippen LogP contribution in [0, 0.1) is 0 Å². The summed E-state index contributed by atoms with van der Waals surface area (Å²) in [7, 11) is 0. The molecular weight excluding hydrogens is 412 g/mol. The van der Waals surface area contributed by atoms with Crippen molar-refractivity contribution in [1.82, 2.24) is 0 Å². The summed E-state index contributed by atoms with van der Waals surface area (Å²) in [6, 6.07) is 0. The maximum Gasteiger partial charge on any atom is 0.305 e. The topological polar surface area (TPSA) is 52.6 Å². The molecule has 0 radical (unpaired) electrons. The summed E-state index contributed by atoms with van der Waals surface area (Å²) in [5, 5.41) is 0. The Labute approximate surface area is 206 Å². The van der Waals surface area contributed by atoms with E-state index in [1.807, 2.05) is 0 Å². The minimum Gasteiger partial charge on any atom is -0.462 e. The maximum absolute atomic E-state index is 11.8. The summed E-state index contributed by atoms with van der Waals surface area (Å²) >= 11 is 0. The lowest BCUT2D eigenvalue weighted by Crippen LogP contribution is -2.13. The predicted molar refractivity (Wildman–Crippen MR) is 139 cm³/mol. The van der Waals surface area contributed by atoms with Gasteiger partial charge in [-0.05, 0) is 12.8 Å². The molecule has 4 heteroatoms. The number of ether oxygens (including phenoxy) is 2. The molecule has 0 aromatic rings. The molecular formula is C29H56O4. The molecule has 0 amide bonds. The normalized spacial score (nSPS) is 11.0. The van der Waals surface area contributed by atoms with Gasteiger partial charge in [0.25, 0.3) is 0 Å². The molecule has 196 valence electrons. The molecule has 0 heterocycles. The number of esters is 2. The van der Waals surface area contributed by atoms with Crippen molar-refractivity contribution in [3.63, 3.8) is 0 Å². The predicted octanol–water partition coefficient (Wildman–Crippen LogP) is 9.08. The summed E-state index contributed by atoms with van der Waals surface area (Å²) in [6.45, 7) is 4.85. The Bertz CT molecular complexity index is 422. The van der Waals surface area contributed by atoms with Crippen molar-refractivity contribution in [3.05, 3.63) is 0 Å². The zero-order valence-corrected chi connectivity index (χ0v) is 22.3. The molecule has 0 spiro atoms. The number of unbranched alkanes of at least 4 members (excludes halogenated alkanes) is 19. The van der Waals surface area contributed by atoms with Gasteiger partial charge < -0.3 is 9.47 Å². The summed E-state index contributed by atoms with van der Waals surface area (Å²) < 4.78 is 10.3. The smallest absolute Gasteiger partial charge is 0.305 e. The third kappa shape index (κ3) is 27.1. The van der Waals surface area contributed by atoms with E-state index in [4.69, 9.17) is 9.47 Å². The molecule has 0 rings (SSSR count). The van der Waals surface area contributed by atoms with Crippen LogP contribution < -0.4 is 0 Å². The van der Waals surface area contributed by atoms with E-state index in [1.165, 1.54) is 109 Å². The summed E-state index contributed by atoms with van der Waals surface area (Å²) in [6.07, 6.45) is 27.6. The van der Waals surface area contributed by atoms with Gasteiger partial charge >= 0.3 is 11.9 Å². The minimum absolute atomic E-state index is 0.169. The van der Waals surface area contributed by atoms with Crippen LogP contribution in [0.4, 0.5) is 0 Å². The maximum atomic E-state index is 11.8. The molecule has 0 N–H and O–H groups in total. The lowest BCUT2D eigenvalue weighted by atomic mass is 10.0. The average molecular weight is 469 g/mol. The van der Waals surface area contributed by atoms with E-state index in [0.29, 0.717) is 12.8 Å². The van der Waals surface area contributed by atoms with E-state index in [-0.39, 0.29) is 25.2 Å². The lowest BCUT2D eigenvalue weighted by molar-refractivity contribution is -0.152.